The van der Waals surface area contributed by atoms with Crippen LogP contribution in [0.1, 0.15) is 26.0 Å². The molecule has 0 aliphatic carbocycles. The van der Waals surface area contributed by atoms with Gasteiger partial charge in [-0.2, -0.15) is 4.98 Å². The number of rotatable bonds is 10. The van der Waals surface area contributed by atoms with Gasteiger partial charge in [-0.3, -0.25) is 0 Å². The lowest BCUT2D eigenvalue weighted by Crippen LogP contribution is -2.45. The number of hydrogen-bond acceptors (Lipinski definition) is 8. The molecule has 0 bridgehead atoms. The first kappa shape index (κ1) is 23.2. The summed E-state index contributed by atoms with van der Waals surface area (Å²) in [6.45, 7) is 9.36. The quantitative estimate of drug-likeness (QED) is 0.378. The number of halogens is 1. The highest BCUT2D eigenvalue weighted by molar-refractivity contribution is 6.30. The molecule has 1 aromatic carbocycles. The molecule has 9 heteroatoms. The summed E-state index contributed by atoms with van der Waals surface area (Å²) in [7, 11) is 2.12. The second kappa shape index (κ2) is 11.3. The molecular weight excluding hydrogens is 414 g/mol. The second-order valence-corrected chi connectivity index (χ2v) is 7.91. The largest absolute Gasteiger partial charge is 0.380 e. The maximum absolute atomic E-state index is 8.55. The Morgan fingerprint density at radius 3 is 2.65 bits per heavy atom. The van der Waals surface area contributed by atoms with E-state index >= 15 is 0 Å². The van der Waals surface area contributed by atoms with Crippen molar-refractivity contribution in [2.24, 2.45) is 0 Å². The molecule has 0 atom stereocenters. The zero-order chi connectivity index (χ0) is 22.2. The van der Waals surface area contributed by atoms with Gasteiger partial charge in [-0.1, -0.05) is 24.6 Å². The minimum absolute atomic E-state index is 0.464. The van der Waals surface area contributed by atoms with Crippen molar-refractivity contribution in [1.82, 2.24) is 14.9 Å². The molecule has 3 N–H and O–H groups in total. The van der Waals surface area contributed by atoms with Gasteiger partial charge in [0.2, 0.25) is 5.95 Å². The number of likely N-dealkylation sites (N-methyl/N-ethyl adjacent to an activating group) is 1. The summed E-state index contributed by atoms with van der Waals surface area (Å²) < 4.78 is 5.48. The first-order chi connectivity index (χ1) is 15.0. The first-order valence-corrected chi connectivity index (χ1v) is 11.2. The van der Waals surface area contributed by atoms with Gasteiger partial charge in [0.15, 0.2) is 5.82 Å². The molecular formula is C22H32ClN7O. The number of nitrogens with zero attached hydrogens (tertiary/aromatic N) is 4. The summed E-state index contributed by atoms with van der Waals surface area (Å²) in [5, 5.41) is 16.0. The van der Waals surface area contributed by atoms with Gasteiger partial charge in [0, 0.05) is 50.0 Å². The van der Waals surface area contributed by atoms with Crippen molar-refractivity contribution in [3.63, 3.8) is 0 Å². The van der Waals surface area contributed by atoms with Crippen LogP contribution in [0.2, 0.25) is 5.02 Å². The summed E-state index contributed by atoms with van der Waals surface area (Å²) in [5.41, 5.74) is 2.63. The molecule has 1 aliphatic rings. The van der Waals surface area contributed by atoms with E-state index in [0.29, 0.717) is 60.1 Å². The highest BCUT2D eigenvalue weighted by Crippen LogP contribution is 2.31. The molecule has 0 amide bonds. The van der Waals surface area contributed by atoms with Crippen LogP contribution < -0.4 is 15.5 Å². The van der Waals surface area contributed by atoms with Crippen molar-refractivity contribution in [1.29, 1.82) is 5.41 Å². The number of benzene rings is 1. The maximum atomic E-state index is 8.55. The lowest BCUT2D eigenvalue weighted by Gasteiger charge is -2.33. The molecule has 0 spiro atoms. The van der Waals surface area contributed by atoms with E-state index in [2.05, 4.69) is 27.5 Å². The lowest BCUT2D eigenvalue weighted by atomic mass is 10.1. The van der Waals surface area contributed by atoms with Gasteiger partial charge in [-0.25, -0.2) is 4.98 Å². The van der Waals surface area contributed by atoms with Crippen LogP contribution in [0, 0.1) is 5.41 Å². The van der Waals surface area contributed by atoms with Gasteiger partial charge < -0.3 is 30.6 Å². The number of ether oxygens (including phenoxy) is 1. The molecule has 1 aliphatic heterocycles. The van der Waals surface area contributed by atoms with Crippen molar-refractivity contribution in [2.75, 3.05) is 68.5 Å². The van der Waals surface area contributed by atoms with E-state index < -0.39 is 0 Å². The molecule has 2 heterocycles. The Balaban J connectivity index is 2.00. The van der Waals surface area contributed by atoms with E-state index in [9.17, 15) is 0 Å². The SMILES string of the molecule is CCOCCNc1c(Nc2cccc(Cl)c2)nc(N2CCN(C)CC2)nc1C(=N)CC. The van der Waals surface area contributed by atoms with E-state index in [1.165, 1.54) is 0 Å². The van der Waals surface area contributed by atoms with E-state index in [0.717, 1.165) is 31.9 Å². The number of nitrogens with one attached hydrogen (secondary N) is 3. The zero-order valence-corrected chi connectivity index (χ0v) is 19.3. The molecule has 8 nitrogen and oxygen atoms in total. The Kier molecular flexibility index (Phi) is 8.45. The van der Waals surface area contributed by atoms with Crippen LogP contribution in [-0.2, 0) is 4.74 Å². The number of piperazine rings is 1. The van der Waals surface area contributed by atoms with E-state index in [1.807, 2.05) is 38.1 Å². The van der Waals surface area contributed by atoms with Gasteiger partial charge in [0.05, 0.1) is 12.3 Å². The molecule has 1 saturated heterocycles. The minimum atomic E-state index is 0.464. The third kappa shape index (κ3) is 6.29. The molecule has 0 unspecified atom stereocenters. The smallest absolute Gasteiger partial charge is 0.228 e. The van der Waals surface area contributed by atoms with Crippen molar-refractivity contribution < 1.29 is 4.74 Å². The lowest BCUT2D eigenvalue weighted by molar-refractivity contribution is 0.158. The molecule has 0 radical (unpaired) electrons. The Morgan fingerprint density at radius 2 is 1.97 bits per heavy atom. The summed E-state index contributed by atoms with van der Waals surface area (Å²) in [4.78, 5) is 14.2. The average molecular weight is 446 g/mol. The number of hydrogen-bond donors (Lipinski definition) is 3. The van der Waals surface area contributed by atoms with Gasteiger partial charge in [0.25, 0.3) is 0 Å². The van der Waals surface area contributed by atoms with E-state index in [1.54, 1.807) is 0 Å². The van der Waals surface area contributed by atoms with Crippen LogP contribution in [0.3, 0.4) is 0 Å². The molecule has 1 fully saturated rings. The van der Waals surface area contributed by atoms with Crippen LogP contribution in [0.15, 0.2) is 24.3 Å². The second-order valence-electron chi connectivity index (χ2n) is 7.48. The van der Waals surface area contributed by atoms with Crippen LogP contribution in [-0.4, -0.2) is 73.6 Å². The van der Waals surface area contributed by atoms with Crippen molar-refractivity contribution in [3.8, 4) is 0 Å². The molecule has 3 rings (SSSR count). The van der Waals surface area contributed by atoms with Crippen molar-refractivity contribution >= 4 is 40.5 Å². The summed E-state index contributed by atoms with van der Waals surface area (Å²) >= 11 is 6.19. The topological polar surface area (TPSA) is 89.4 Å². The van der Waals surface area contributed by atoms with Crippen LogP contribution >= 0.6 is 11.6 Å². The molecule has 1 aromatic heterocycles. The molecule has 168 valence electrons. The van der Waals surface area contributed by atoms with Crippen molar-refractivity contribution in [2.45, 2.75) is 20.3 Å². The van der Waals surface area contributed by atoms with Gasteiger partial charge in [0.1, 0.15) is 11.4 Å². The first-order valence-electron chi connectivity index (χ1n) is 10.8. The third-order valence-corrected chi connectivity index (χ3v) is 5.40. The van der Waals surface area contributed by atoms with Crippen LogP contribution in [0.5, 0.6) is 0 Å². The Bertz CT molecular complexity index is 884. The molecule has 0 saturated carbocycles. The molecule has 2 aromatic rings. The third-order valence-electron chi connectivity index (χ3n) is 5.16. The highest BCUT2D eigenvalue weighted by Gasteiger charge is 2.22. The maximum Gasteiger partial charge on any atom is 0.228 e. The fraction of sp³-hybridized carbons (Fsp3) is 0.500. The highest BCUT2D eigenvalue weighted by atomic mass is 35.5. The van der Waals surface area contributed by atoms with Gasteiger partial charge >= 0.3 is 0 Å². The van der Waals surface area contributed by atoms with Crippen LogP contribution in [0.25, 0.3) is 0 Å². The normalized spacial score (nSPS) is 14.5. The summed E-state index contributed by atoms with van der Waals surface area (Å²) in [6.07, 6.45) is 0.579. The predicted octanol–water partition coefficient (Wildman–Crippen LogP) is 3.85. The Hall–Kier alpha value is -2.42. The summed E-state index contributed by atoms with van der Waals surface area (Å²) in [6, 6.07) is 7.53. The number of anilines is 4. The van der Waals surface area contributed by atoms with Gasteiger partial charge in [-0.15, -0.1) is 0 Å². The Labute approximate surface area is 189 Å². The minimum Gasteiger partial charge on any atom is -0.380 e. The zero-order valence-electron chi connectivity index (χ0n) is 18.5. The van der Waals surface area contributed by atoms with E-state index in [-0.39, 0.29) is 0 Å². The number of aromatic nitrogens is 2. The Morgan fingerprint density at radius 1 is 1.19 bits per heavy atom. The molecule has 31 heavy (non-hydrogen) atoms. The van der Waals surface area contributed by atoms with E-state index in [4.69, 9.17) is 31.7 Å². The predicted molar refractivity (Wildman–Crippen MR) is 129 cm³/mol. The average Bonchev–Trinajstić information content (AvgIpc) is 2.77. The fourth-order valence-corrected chi connectivity index (χ4v) is 3.53. The summed E-state index contributed by atoms with van der Waals surface area (Å²) in [5.74, 6) is 1.28. The monoisotopic (exact) mass is 445 g/mol. The van der Waals surface area contributed by atoms with Crippen molar-refractivity contribution in [3.05, 3.63) is 35.0 Å². The standard InChI is InChI=1S/C22H32ClN7O/c1-4-18(24)19-20(25-9-14-31-5-2)21(26-17-8-6-7-16(23)15-17)28-22(27-19)30-12-10-29(3)11-13-30/h6-8,15,24-25H,4-5,9-14H2,1-3H3,(H,26,27,28). The fourth-order valence-electron chi connectivity index (χ4n) is 3.34. The van der Waals surface area contributed by atoms with Crippen LogP contribution in [0.4, 0.5) is 23.1 Å². The van der Waals surface area contributed by atoms with Gasteiger partial charge in [-0.05, 0) is 38.6 Å².